The van der Waals surface area contributed by atoms with Crippen LogP contribution in [0.5, 0.6) is 0 Å². The maximum Gasteiger partial charge on any atom is 0.241 e. The van der Waals surface area contributed by atoms with Crippen molar-refractivity contribution in [1.82, 2.24) is 20.9 Å². The number of amides is 3. The number of carbonyl (C=O) groups excluding carboxylic acids is 3. The minimum atomic E-state index is -0.390. The highest BCUT2D eigenvalue weighted by molar-refractivity contribution is 8.02. The van der Waals surface area contributed by atoms with Gasteiger partial charge in [0, 0.05) is 41.5 Å². The molecule has 9 heteroatoms. The smallest absolute Gasteiger partial charge is 0.241 e. The second kappa shape index (κ2) is 15.8. The molecule has 0 spiro atoms. The van der Waals surface area contributed by atoms with Gasteiger partial charge in [-0.2, -0.15) is 0 Å². The van der Waals surface area contributed by atoms with Gasteiger partial charge < -0.3 is 20.9 Å². The maximum atomic E-state index is 12.9. The molecule has 0 aliphatic carbocycles. The quantitative estimate of drug-likeness (QED) is 0.347. The molecule has 0 saturated carbocycles. The van der Waals surface area contributed by atoms with E-state index < -0.39 is 6.04 Å². The predicted octanol–water partition coefficient (Wildman–Crippen LogP) is 3.03. The second-order valence-electron chi connectivity index (χ2n) is 7.76. The maximum absolute atomic E-state index is 12.9. The third-order valence-corrected chi connectivity index (χ3v) is 5.69. The lowest BCUT2D eigenvalue weighted by atomic mass is 10.1. The zero-order chi connectivity index (χ0) is 25.5. The van der Waals surface area contributed by atoms with Crippen molar-refractivity contribution in [3.8, 4) is 0 Å². The Bertz CT molecular complexity index is 876. The van der Waals surface area contributed by atoms with Crippen LogP contribution in [-0.4, -0.2) is 59.8 Å². The van der Waals surface area contributed by atoms with Crippen molar-refractivity contribution < 1.29 is 14.4 Å². The van der Waals surface area contributed by atoms with Crippen molar-refractivity contribution in [2.75, 3.05) is 19.6 Å². The SMILES string of the molecule is C=CC=NC(=C)CNCC(=O)N1CC(=O)NC(C)/C1=C\C(=C/CC)NC(=O)CC(C)S/C=C\C. The summed E-state index contributed by atoms with van der Waals surface area (Å²) in [7, 11) is 0. The highest BCUT2D eigenvalue weighted by atomic mass is 32.2. The first-order valence-electron chi connectivity index (χ1n) is 11.3. The molecule has 3 N–H and O–H groups in total. The van der Waals surface area contributed by atoms with E-state index in [0.29, 0.717) is 36.5 Å². The molecular formula is C25H37N5O3S. The van der Waals surface area contributed by atoms with Gasteiger partial charge in [0.25, 0.3) is 0 Å². The molecule has 2 atom stereocenters. The predicted molar refractivity (Wildman–Crippen MR) is 141 cm³/mol. The van der Waals surface area contributed by atoms with E-state index in [1.165, 1.54) is 11.1 Å². The number of aliphatic imine (C=N–C) groups is 1. The summed E-state index contributed by atoms with van der Waals surface area (Å²) < 4.78 is 0. The number of rotatable bonds is 13. The first kappa shape index (κ1) is 29.1. The first-order chi connectivity index (χ1) is 16.2. The van der Waals surface area contributed by atoms with E-state index in [0.717, 1.165) is 0 Å². The van der Waals surface area contributed by atoms with Crippen LogP contribution < -0.4 is 16.0 Å². The lowest BCUT2D eigenvalue weighted by Gasteiger charge is -2.34. The number of carbonyl (C=O) groups is 3. The Labute approximate surface area is 207 Å². The molecule has 1 saturated heterocycles. The van der Waals surface area contributed by atoms with Crippen molar-refractivity contribution in [2.45, 2.75) is 51.8 Å². The van der Waals surface area contributed by atoms with Gasteiger partial charge >= 0.3 is 0 Å². The molecule has 2 unspecified atom stereocenters. The molecule has 0 aromatic rings. The fourth-order valence-electron chi connectivity index (χ4n) is 3.14. The molecule has 186 valence electrons. The van der Waals surface area contributed by atoms with Gasteiger partial charge in [0.2, 0.25) is 17.7 Å². The largest absolute Gasteiger partial charge is 0.347 e. The Morgan fingerprint density at radius 3 is 2.76 bits per heavy atom. The van der Waals surface area contributed by atoms with Gasteiger partial charge in [-0.15, -0.1) is 11.8 Å². The summed E-state index contributed by atoms with van der Waals surface area (Å²) in [6.45, 7) is 15.3. The van der Waals surface area contributed by atoms with Gasteiger partial charge in [0.05, 0.1) is 12.6 Å². The molecular weight excluding hydrogens is 450 g/mol. The Balaban J connectivity index is 2.96. The molecule has 8 nitrogen and oxygen atoms in total. The van der Waals surface area contributed by atoms with Crippen LogP contribution in [0.25, 0.3) is 0 Å². The van der Waals surface area contributed by atoms with Crippen LogP contribution >= 0.6 is 11.8 Å². The van der Waals surface area contributed by atoms with Crippen molar-refractivity contribution in [3.05, 3.63) is 60.0 Å². The molecule has 0 radical (unpaired) electrons. The Morgan fingerprint density at radius 1 is 1.38 bits per heavy atom. The molecule has 1 aliphatic heterocycles. The van der Waals surface area contributed by atoms with Gasteiger partial charge in [0.15, 0.2) is 0 Å². The van der Waals surface area contributed by atoms with Gasteiger partial charge in [-0.3, -0.25) is 19.4 Å². The van der Waals surface area contributed by atoms with E-state index in [1.807, 2.05) is 45.3 Å². The molecule has 1 fully saturated rings. The minimum Gasteiger partial charge on any atom is -0.347 e. The van der Waals surface area contributed by atoms with Crippen molar-refractivity contribution in [1.29, 1.82) is 0 Å². The minimum absolute atomic E-state index is 0.0127. The van der Waals surface area contributed by atoms with Gasteiger partial charge in [-0.05, 0) is 31.8 Å². The molecule has 1 heterocycles. The highest BCUT2D eigenvalue weighted by Gasteiger charge is 2.30. The number of nitrogens with one attached hydrogen (secondary N) is 3. The summed E-state index contributed by atoms with van der Waals surface area (Å²) in [6, 6.07) is -0.390. The van der Waals surface area contributed by atoms with Crippen LogP contribution in [0.2, 0.25) is 0 Å². The summed E-state index contributed by atoms with van der Waals surface area (Å²) in [5.41, 5.74) is 1.78. The normalized spacial score (nSPS) is 18.9. The summed E-state index contributed by atoms with van der Waals surface area (Å²) >= 11 is 1.60. The van der Waals surface area contributed by atoms with Crippen LogP contribution in [0, 0.1) is 0 Å². The molecule has 3 amide bonds. The molecule has 0 aromatic heterocycles. The average Bonchev–Trinajstić information content (AvgIpc) is 2.77. The number of piperazine rings is 1. The summed E-state index contributed by atoms with van der Waals surface area (Å²) in [4.78, 5) is 43.2. The van der Waals surface area contributed by atoms with Crippen LogP contribution in [0.3, 0.4) is 0 Å². The molecule has 0 bridgehead atoms. The van der Waals surface area contributed by atoms with Gasteiger partial charge in [-0.1, -0.05) is 45.2 Å². The van der Waals surface area contributed by atoms with Crippen molar-refractivity contribution in [3.63, 3.8) is 0 Å². The van der Waals surface area contributed by atoms with Gasteiger partial charge in [0.1, 0.15) is 6.54 Å². The van der Waals surface area contributed by atoms with Gasteiger partial charge in [-0.25, -0.2) is 0 Å². The van der Waals surface area contributed by atoms with Crippen molar-refractivity contribution in [2.24, 2.45) is 4.99 Å². The zero-order valence-electron chi connectivity index (χ0n) is 20.6. The number of allylic oxidation sites excluding steroid dienone is 4. The van der Waals surface area contributed by atoms with E-state index in [4.69, 9.17) is 0 Å². The number of hydrogen-bond donors (Lipinski definition) is 3. The third kappa shape index (κ3) is 10.8. The zero-order valence-corrected chi connectivity index (χ0v) is 21.4. The second-order valence-corrected chi connectivity index (χ2v) is 9.11. The lowest BCUT2D eigenvalue weighted by Crippen LogP contribution is -2.54. The summed E-state index contributed by atoms with van der Waals surface area (Å²) in [5.74, 6) is -0.600. The monoisotopic (exact) mass is 487 g/mol. The number of thioether (sulfide) groups is 1. The highest BCUT2D eigenvalue weighted by Crippen LogP contribution is 2.18. The Kier molecular flexibility index (Phi) is 13.6. The van der Waals surface area contributed by atoms with E-state index in [1.54, 1.807) is 23.9 Å². The molecule has 1 aliphatic rings. The van der Waals surface area contributed by atoms with Crippen LogP contribution in [0.1, 0.15) is 40.5 Å². The topological polar surface area (TPSA) is 103 Å². The van der Waals surface area contributed by atoms with Crippen LogP contribution in [0.15, 0.2) is 65.0 Å². The molecule has 0 aromatic carbocycles. The molecule has 1 rings (SSSR count). The number of nitrogens with zero attached hydrogens (tertiary/aromatic N) is 2. The van der Waals surface area contributed by atoms with E-state index in [9.17, 15) is 14.4 Å². The summed E-state index contributed by atoms with van der Waals surface area (Å²) in [5, 5.41) is 10.9. The van der Waals surface area contributed by atoms with Crippen LogP contribution in [0.4, 0.5) is 0 Å². The Hall–Kier alpha value is -2.91. The molecule has 34 heavy (non-hydrogen) atoms. The fourth-order valence-corrected chi connectivity index (χ4v) is 3.81. The third-order valence-electron chi connectivity index (χ3n) is 4.63. The average molecular weight is 488 g/mol. The van der Waals surface area contributed by atoms with E-state index in [-0.39, 0.29) is 36.1 Å². The first-order valence-corrected chi connectivity index (χ1v) is 12.3. The lowest BCUT2D eigenvalue weighted by molar-refractivity contribution is -0.136. The van der Waals surface area contributed by atoms with Crippen molar-refractivity contribution >= 4 is 35.7 Å². The standard InChI is InChI=1S/C25H37N5O3S/c1-7-10-21(29-23(31)13-19(5)34-12-9-3)14-22-20(6)28-24(32)17-30(22)25(33)16-26-15-18(4)27-11-8-2/h8-12,14,19-20,26H,2,4,7,13,15-17H2,1,3,5-6H3,(H,28,32)(H,29,31)/b12-9-,21-10+,22-14+,27-11?. The Morgan fingerprint density at radius 2 is 2.12 bits per heavy atom. The fraction of sp³-hybridized carbons (Fsp3) is 0.440. The number of hydrogen-bond acceptors (Lipinski definition) is 6. The van der Waals surface area contributed by atoms with E-state index >= 15 is 0 Å². The van der Waals surface area contributed by atoms with Crippen LogP contribution in [-0.2, 0) is 14.4 Å². The summed E-state index contributed by atoms with van der Waals surface area (Å²) in [6.07, 6.45) is 9.72. The van der Waals surface area contributed by atoms with E-state index in [2.05, 4.69) is 34.1 Å².